The van der Waals surface area contributed by atoms with E-state index in [2.05, 4.69) is 10.6 Å². The summed E-state index contributed by atoms with van der Waals surface area (Å²) >= 11 is 1.61. The third-order valence-electron chi connectivity index (χ3n) is 3.74. The van der Waals surface area contributed by atoms with Gasteiger partial charge in [-0.1, -0.05) is 60.3 Å². The summed E-state index contributed by atoms with van der Waals surface area (Å²) in [7, 11) is 1.62. The van der Waals surface area contributed by atoms with E-state index in [0.717, 1.165) is 26.8 Å². The number of nitrogens with one attached hydrogen (secondary N) is 2. The number of para-hydroxylation sites is 2. The number of ether oxygens (including phenoxy) is 1. The highest BCUT2D eigenvalue weighted by Gasteiger charge is 2.09. The van der Waals surface area contributed by atoms with Gasteiger partial charge in [0.1, 0.15) is 5.75 Å². The molecule has 0 atom stereocenters. The van der Waals surface area contributed by atoms with Gasteiger partial charge in [0, 0.05) is 21.9 Å². The molecule has 0 aliphatic heterocycles. The Labute approximate surface area is 157 Å². The highest BCUT2D eigenvalue weighted by Crippen LogP contribution is 2.33. The standard InChI is InChI=1S/C21H20N2O2S/c1-25-19-13-7-5-9-16(19)15-22-21(24)23-18-12-6-8-14-20(18)26-17-10-3-2-4-11-17/h2-14H,15H2,1H3,(H2,22,23,24). The second kappa shape index (κ2) is 8.97. The molecule has 5 heteroatoms. The summed E-state index contributed by atoms with van der Waals surface area (Å²) in [5.74, 6) is 0.757. The summed E-state index contributed by atoms with van der Waals surface area (Å²) in [6.45, 7) is 0.393. The van der Waals surface area contributed by atoms with E-state index in [4.69, 9.17) is 4.74 Å². The van der Waals surface area contributed by atoms with Gasteiger partial charge >= 0.3 is 6.03 Å². The highest BCUT2D eigenvalue weighted by atomic mass is 32.2. The van der Waals surface area contributed by atoms with Crippen molar-refractivity contribution in [2.45, 2.75) is 16.3 Å². The van der Waals surface area contributed by atoms with Gasteiger partial charge < -0.3 is 15.4 Å². The van der Waals surface area contributed by atoms with Crippen LogP contribution >= 0.6 is 11.8 Å². The van der Waals surface area contributed by atoms with Crippen LogP contribution in [0.25, 0.3) is 0 Å². The van der Waals surface area contributed by atoms with E-state index in [1.54, 1.807) is 18.9 Å². The van der Waals surface area contributed by atoms with Crippen molar-refractivity contribution in [3.8, 4) is 5.75 Å². The molecule has 4 nitrogen and oxygen atoms in total. The lowest BCUT2D eigenvalue weighted by atomic mass is 10.2. The summed E-state index contributed by atoms with van der Waals surface area (Å²) in [6.07, 6.45) is 0. The quantitative estimate of drug-likeness (QED) is 0.634. The van der Waals surface area contributed by atoms with Gasteiger partial charge in [0.05, 0.1) is 12.8 Å². The van der Waals surface area contributed by atoms with Gasteiger partial charge in [0.15, 0.2) is 0 Å². The van der Waals surface area contributed by atoms with Crippen LogP contribution in [0.4, 0.5) is 10.5 Å². The Hall–Kier alpha value is -2.92. The van der Waals surface area contributed by atoms with Crippen LogP contribution in [-0.4, -0.2) is 13.1 Å². The molecule has 0 spiro atoms. The zero-order chi connectivity index (χ0) is 18.2. The van der Waals surface area contributed by atoms with E-state index >= 15 is 0 Å². The van der Waals surface area contributed by atoms with E-state index in [1.165, 1.54) is 0 Å². The number of methoxy groups -OCH3 is 1. The minimum absolute atomic E-state index is 0.253. The number of carbonyl (C=O) groups is 1. The molecule has 0 bridgehead atoms. The smallest absolute Gasteiger partial charge is 0.319 e. The van der Waals surface area contributed by atoms with E-state index in [0.29, 0.717) is 6.54 Å². The molecule has 2 N–H and O–H groups in total. The Balaban J connectivity index is 1.64. The van der Waals surface area contributed by atoms with Gasteiger partial charge in [-0.15, -0.1) is 0 Å². The largest absolute Gasteiger partial charge is 0.496 e. The Morgan fingerprint density at radius 2 is 1.62 bits per heavy atom. The highest BCUT2D eigenvalue weighted by molar-refractivity contribution is 7.99. The minimum Gasteiger partial charge on any atom is -0.496 e. The maximum absolute atomic E-state index is 12.3. The molecular weight excluding hydrogens is 344 g/mol. The van der Waals surface area contributed by atoms with Gasteiger partial charge in [-0.25, -0.2) is 4.79 Å². The molecule has 2 amide bonds. The number of amides is 2. The van der Waals surface area contributed by atoms with Crippen molar-refractivity contribution in [3.63, 3.8) is 0 Å². The van der Waals surface area contributed by atoms with E-state index in [9.17, 15) is 4.79 Å². The zero-order valence-corrected chi connectivity index (χ0v) is 15.3. The van der Waals surface area contributed by atoms with Crippen molar-refractivity contribution in [2.75, 3.05) is 12.4 Å². The minimum atomic E-state index is -0.253. The van der Waals surface area contributed by atoms with Crippen LogP contribution < -0.4 is 15.4 Å². The van der Waals surface area contributed by atoms with Gasteiger partial charge in [-0.2, -0.15) is 0 Å². The third-order valence-corrected chi connectivity index (χ3v) is 4.82. The Morgan fingerprint density at radius 3 is 2.42 bits per heavy atom. The first-order chi connectivity index (χ1) is 12.8. The van der Waals surface area contributed by atoms with Crippen molar-refractivity contribution in [3.05, 3.63) is 84.4 Å². The van der Waals surface area contributed by atoms with Crippen molar-refractivity contribution in [1.29, 1.82) is 0 Å². The zero-order valence-electron chi connectivity index (χ0n) is 14.4. The molecule has 3 rings (SSSR count). The first kappa shape index (κ1) is 17.9. The first-order valence-electron chi connectivity index (χ1n) is 8.25. The van der Waals surface area contributed by atoms with E-state index in [1.807, 2.05) is 78.9 Å². The van der Waals surface area contributed by atoms with Crippen LogP contribution in [-0.2, 0) is 6.54 Å². The molecule has 0 heterocycles. The molecule has 0 fully saturated rings. The van der Waals surface area contributed by atoms with Crippen LogP contribution in [0.1, 0.15) is 5.56 Å². The predicted octanol–water partition coefficient (Wildman–Crippen LogP) is 5.17. The van der Waals surface area contributed by atoms with Crippen molar-refractivity contribution in [2.24, 2.45) is 0 Å². The summed E-state index contributed by atoms with van der Waals surface area (Å²) in [5.41, 5.74) is 1.70. The van der Waals surface area contributed by atoms with Crippen LogP contribution in [0, 0.1) is 0 Å². The number of hydrogen-bond acceptors (Lipinski definition) is 3. The second-order valence-corrected chi connectivity index (χ2v) is 6.65. The Bertz CT molecular complexity index is 869. The SMILES string of the molecule is COc1ccccc1CNC(=O)Nc1ccccc1Sc1ccccc1. The van der Waals surface area contributed by atoms with Gasteiger partial charge in [0.2, 0.25) is 0 Å². The molecule has 0 radical (unpaired) electrons. The van der Waals surface area contributed by atoms with Gasteiger partial charge in [-0.3, -0.25) is 0 Å². The van der Waals surface area contributed by atoms with Crippen molar-refractivity contribution < 1.29 is 9.53 Å². The number of hydrogen-bond donors (Lipinski definition) is 2. The fraction of sp³-hybridized carbons (Fsp3) is 0.0952. The lowest BCUT2D eigenvalue weighted by Gasteiger charge is -2.13. The van der Waals surface area contributed by atoms with Crippen molar-refractivity contribution >= 4 is 23.5 Å². The molecule has 0 aromatic heterocycles. The number of urea groups is 1. The fourth-order valence-electron chi connectivity index (χ4n) is 2.47. The van der Waals surface area contributed by atoms with Crippen LogP contribution in [0.2, 0.25) is 0 Å². The molecule has 0 saturated carbocycles. The van der Waals surface area contributed by atoms with Crippen LogP contribution in [0.3, 0.4) is 0 Å². The lowest BCUT2D eigenvalue weighted by molar-refractivity contribution is 0.251. The fourth-order valence-corrected chi connectivity index (χ4v) is 3.39. The van der Waals surface area contributed by atoms with Crippen LogP contribution in [0.5, 0.6) is 5.75 Å². The molecule has 0 unspecified atom stereocenters. The monoisotopic (exact) mass is 364 g/mol. The number of anilines is 1. The summed E-state index contributed by atoms with van der Waals surface area (Å²) < 4.78 is 5.31. The van der Waals surface area contributed by atoms with Gasteiger partial charge in [-0.05, 0) is 30.3 Å². The topological polar surface area (TPSA) is 50.4 Å². The number of benzene rings is 3. The third kappa shape index (κ3) is 4.80. The molecule has 3 aromatic rings. The molecule has 132 valence electrons. The van der Waals surface area contributed by atoms with Crippen LogP contribution in [0.15, 0.2) is 88.7 Å². The molecule has 3 aromatic carbocycles. The second-order valence-electron chi connectivity index (χ2n) is 5.53. The van der Waals surface area contributed by atoms with E-state index in [-0.39, 0.29) is 6.03 Å². The molecule has 0 saturated heterocycles. The average Bonchev–Trinajstić information content (AvgIpc) is 2.69. The average molecular weight is 364 g/mol. The molecule has 26 heavy (non-hydrogen) atoms. The summed E-state index contributed by atoms with van der Waals surface area (Å²) in [5, 5.41) is 5.80. The number of carbonyl (C=O) groups excluding carboxylic acids is 1. The predicted molar refractivity (Wildman–Crippen MR) is 106 cm³/mol. The summed E-state index contributed by atoms with van der Waals surface area (Å²) in [4.78, 5) is 14.4. The molecule has 0 aliphatic rings. The maximum Gasteiger partial charge on any atom is 0.319 e. The van der Waals surface area contributed by atoms with Gasteiger partial charge in [0.25, 0.3) is 0 Å². The van der Waals surface area contributed by atoms with E-state index < -0.39 is 0 Å². The maximum atomic E-state index is 12.3. The normalized spacial score (nSPS) is 10.2. The first-order valence-corrected chi connectivity index (χ1v) is 9.06. The lowest BCUT2D eigenvalue weighted by Crippen LogP contribution is -2.28. The molecular formula is C21H20N2O2S. The Morgan fingerprint density at radius 1 is 0.923 bits per heavy atom. The van der Waals surface area contributed by atoms with Crippen molar-refractivity contribution in [1.82, 2.24) is 5.32 Å². The Kier molecular flexibility index (Phi) is 6.17. The molecule has 0 aliphatic carbocycles. The number of rotatable bonds is 6. The summed E-state index contributed by atoms with van der Waals surface area (Å²) in [6, 6.07) is 25.2.